The zero-order chi connectivity index (χ0) is 13.3. The van der Waals surface area contributed by atoms with Crippen LogP contribution in [0.3, 0.4) is 0 Å². The average molecular weight is 269 g/mol. The number of rotatable bonds is 3. The van der Waals surface area contributed by atoms with Crippen LogP contribution in [-0.4, -0.2) is 15.0 Å². The summed E-state index contributed by atoms with van der Waals surface area (Å²) >= 11 is 5.62. The number of hydrogen-bond donors (Lipinski definition) is 1. The lowest BCUT2D eigenvalue weighted by Crippen LogP contribution is -2.29. The van der Waals surface area contributed by atoms with Crippen molar-refractivity contribution in [2.24, 2.45) is 5.73 Å². The van der Waals surface area contributed by atoms with Gasteiger partial charge < -0.3 is 5.73 Å². The second-order valence-corrected chi connectivity index (χ2v) is 5.18. The van der Waals surface area contributed by atoms with Crippen molar-refractivity contribution >= 4 is 11.6 Å². The predicted molar refractivity (Wildman–Crippen MR) is 67.7 cm³/mol. The lowest BCUT2D eigenvalue weighted by molar-refractivity contribution is 0.533. The fraction of sp³-hybridized carbons (Fsp3) is 0.333. The van der Waals surface area contributed by atoms with Gasteiger partial charge in [-0.25, -0.2) is 9.07 Å². The van der Waals surface area contributed by atoms with Gasteiger partial charge in [0.25, 0.3) is 0 Å². The van der Waals surface area contributed by atoms with Crippen molar-refractivity contribution in [3.8, 4) is 0 Å². The maximum absolute atomic E-state index is 13.3. The number of aromatic nitrogens is 3. The maximum atomic E-state index is 13.3. The first kappa shape index (κ1) is 13.0. The van der Waals surface area contributed by atoms with E-state index in [0.717, 1.165) is 5.56 Å². The first-order valence-electron chi connectivity index (χ1n) is 5.49. The number of nitrogens with two attached hydrogens (primary N) is 1. The van der Waals surface area contributed by atoms with Crippen molar-refractivity contribution in [3.63, 3.8) is 0 Å². The summed E-state index contributed by atoms with van der Waals surface area (Å²) in [4.78, 5) is 0. The smallest absolute Gasteiger partial charge is 0.142 e. The van der Waals surface area contributed by atoms with Gasteiger partial charge in [-0.3, -0.25) is 0 Å². The molecule has 0 saturated heterocycles. The Kier molecular flexibility index (Phi) is 3.36. The van der Waals surface area contributed by atoms with E-state index >= 15 is 0 Å². The Hall–Kier alpha value is -1.46. The van der Waals surface area contributed by atoms with E-state index in [1.165, 1.54) is 12.1 Å². The Bertz CT molecular complexity index is 559. The highest BCUT2D eigenvalue weighted by atomic mass is 35.5. The third kappa shape index (κ3) is 2.86. The Morgan fingerprint density at radius 3 is 2.72 bits per heavy atom. The molecule has 0 amide bonds. The molecule has 2 N–H and O–H groups in total. The Morgan fingerprint density at radius 1 is 1.44 bits per heavy atom. The van der Waals surface area contributed by atoms with Gasteiger partial charge in [0.2, 0.25) is 0 Å². The summed E-state index contributed by atoms with van der Waals surface area (Å²) in [5, 5.41) is 8.07. The molecule has 0 fully saturated rings. The number of halogens is 2. The van der Waals surface area contributed by atoms with Crippen LogP contribution in [0.15, 0.2) is 24.4 Å². The highest BCUT2D eigenvalue weighted by Crippen LogP contribution is 2.17. The van der Waals surface area contributed by atoms with Crippen molar-refractivity contribution in [1.82, 2.24) is 15.0 Å². The predicted octanol–water partition coefficient (Wildman–Crippen LogP) is 2.31. The second-order valence-electron chi connectivity index (χ2n) is 4.77. The van der Waals surface area contributed by atoms with E-state index in [2.05, 4.69) is 10.3 Å². The standard InChI is InChI=1S/C12H14ClFN4/c1-12(2,15)11-7-18(17-16-11)6-8-3-4-9(13)10(14)5-8/h3-5,7H,6,15H2,1-2H3. The third-order valence-electron chi connectivity index (χ3n) is 2.53. The summed E-state index contributed by atoms with van der Waals surface area (Å²) in [5.41, 5.74) is 6.83. The molecule has 18 heavy (non-hydrogen) atoms. The summed E-state index contributed by atoms with van der Waals surface area (Å²) in [6.45, 7) is 4.13. The summed E-state index contributed by atoms with van der Waals surface area (Å²) in [6.07, 6.45) is 1.76. The SMILES string of the molecule is CC(C)(N)c1cn(Cc2ccc(Cl)c(F)c2)nn1. The molecule has 6 heteroatoms. The molecule has 0 radical (unpaired) electrons. The average Bonchev–Trinajstić information content (AvgIpc) is 2.72. The van der Waals surface area contributed by atoms with Gasteiger partial charge >= 0.3 is 0 Å². The van der Waals surface area contributed by atoms with Crippen LogP contribution in [0.5, 0.6) is 0 Å². The minimum atomic E-state index is -0.538. The zero-order valence-corrected chi connectivity index (χ0v) is 10.9. The monoisotopic (exact) mass is 268 g/mol. The van der Waals surface area contributed by atoms with E-state index in [9.17, 15) is 4.39 Å². The first-order valence-corrected chi connectivity index (χ1v) is 5.87. The van der Waals surface area contributed by atoms with E-state index in [4.69, 9.17) is 17.3 Å². The van der Waals surface area contributed by atoms with Crippen molar-refractivity contribution < 1.29 is 4.39 Å². The normalized spacial score (nSPS) is 11.8. The minimum Gasteiger partial charge on any atom is -0.320 e. The van der Waals surface area contributed by atoms with Crippen LogP contribution in [0.4, 0.5) is 4.39 Å². The highest BCUT2D eigenvalue weighted by Gasteiger charge is 2.18. The molecule has 0 aliphatic rings. The maximum Gasteiger partial charge on any atom is 0.142 e. The van der Waals surface area contributed by atoms with Crippen molar-refractivity contribution in [2.75, 3.05) is 0 Å². The molecule has 0 atom stereocenters. The number of benzene rings is 1. The van der Waals surface area contributed by atoms with Gasteiger partial charge in [0, 0.05) is 0 Å². The van der Waals surface area contributed by atoms with Gasteiger partial charge in [-0.15, -0.1) is 5.10 Å². The van der Waals surface area contributed by atoms with Gasteiger partial charge in [-0.1, -0.05) is 22.9 Å². The fourth-order valence-electron chi connectivity index (χ4n) is 1.50. The molecule has 2 rings (SSSR count). The molecule has 0 unspecified atom stereocenters. The molecule has 4 nitrogen and oxygen atoms in total. The Morgan fingerprint density at radius 2 is 2.17 bits per heavy atom. The number of nitrogens with zero attached hydrogens (tertiary/aromatic N) is 3. The topological polar surface area (TPSA) is 56.7 Å². The van der Waals surface area contributed by atoms with E-state index in [1.54, 1.807) is 16.9 Å². The van der Waals surface area contributed by atoms with Crippen LogP contribution in [0.2, 0.25) is 5.02 Å². The lowest BCUT2D eigenvalue weighted by Gasteiger charge is -2.13. The van der Waals surface area contributed by atoms with E-state index in [-0.39, 0.29) is 5.02 Å². The second kappa shape index (κ2) is 4.66. The molecule has 1 aromatic carbocycles. The summed E-state index contributed by atoms with van der Waals surface area (Å²) < 4.78 is 14.9. The molecular formula is C12H14ClFN4. The van der Waals surface area contributed by atoms with Crippen LogP contribution in [0, 0.1) is 5.82 Å². The highest BCUT2D eigenvalue weighted by molar-refractivity contribution is 6.30. The van der Waals surface area contributed by atoms with Crippen LogP contribution in [0.25, 0.3) is 0 Å². The van der Waals surface area contributed by atoms with Gasteiger partial charge in [0.15, 0.2) is 0 Å². The fourth-order valence-corrected chi connectivity index (χ4v) is 1.61. The summed E-state index contributed by atoms with van der Waals surface area (Å²) in [5.74, 6) is -0.436. The van der Waals surface area contributed by atoms with E-state index in [1.807, 2.05) is 13.8 Å². The molecule has 0 aliphatic carbocycles. The van der Waals surface area contributed by atoms with Gasteiger partial charge in [0.1, 0.15) is 11.5 Å². The van der Waals surface area contributed by atoms with Crippen LogP contribution in [-0.2, 0) is 12.1 Å². The Balaban J connectivity index is 2.19. The van der Waals surface area contributed by atoms with E-state index < -0.39 is 11.4 Å². The van der Waals surface area contributed by atoms with Crippen molar-refractivity contribution in [1.29, 1.82) is 0 Å². The molecule has 0 spiro atoms. The molecule has 1 aromatic heterocycles. The van der Waals surface area contributed by atoms with Crippen LogP contribution >= 0.6 is 11.6 Å². The van der Waals surface area contributed by atoms with Crippen LogP contribution in [0.1, 0.15) is 25.1 Å². The van der Waals surface area contributed by atoms with E-state index in [0.29, 0.717) is 12.2 Å². The minimum absolute atomic E-state index is 0.112. The first-order chi connectivity index (χ1) is 8.36. The molecular weight excluding hydrogens is 255 g/mol. The lowest BCUT2D eigenvalue weighted by atomic mass is 10.0. The quantitative estimate of drug-likeness (QED) is 0.929. The third-order valence-corrected chi connectivity index (χ3v) is 2.83. The zero-order valence-electron chi connectivity index (χ0n) is 10.2. The van der Waals surface area contributed by atoms with Gasteiger partial charge in [0.05, 0.1) is 23.3 Å². The van der Waals surface area contributed by atoms with Gasteiger partial charge in [-0.05, 0) is 31.5 Å². The molecule has 96 valence electrons. The van der Waals surface area contributed by atoms with Crippen molar-refractivity contribution in [3.05, 3.63) is 46.5 Å². The molecule has 0 aliphatic heterocycles. The summed E-state index contributed by atoms with van der Waals surface area (Å²) in [6, 6.07) is 4.66. The largest absolute Gasteiger partial charge is 0.320 e. The van der Waals surface area contributed by atoms with Crippen molar-refractivity contribution in [2.45, 2.75) is 25.9 Å². The van der Waals surface area contributed by atoms with Gasteiger partial charge in [-0.2, -0.15) is 0 Å². The summed E-state index contributed by atoms with van der Waals surface area (Å²) in [7, 11) is 0. The number of hydrogen-bond acceptors (Lipinski definition) is 3. The molecule has 1 heterocycles. The van der Waals surface area contributed by atoms with Crippen LogP contribution < -0.4 is 5.73 Å². The molecule has 2 aromatic rings. The molecule has 0 bridgehead atoms. The Labute approximate surface area is 110 Å². The molecule has 0 saturated carbocycles.